The lowest BCUT2D eigenvalue weighted by Crippen LogP contribution is -2.13. The van der Waals surface area contributed by atoms with Gasteiger partial charge < -0.3 is 10.7 Å². The number of benzene rings is 2. The highest BCUT2D eigenvalue weighted by molar-refractivity contribution is 8.01. The Labute approximate surface area is 189 Å². The molecule has 1 atom stereocenters. The number of hydrogen-bond acceptors (Lipinski definition) is 5. The molecule has 2 aromatic carbocycles. The number of hydrogen-bond donors (Lipinski definition) is 2. The number of aromatic amines is 1. The Hall–Kier alpha value is -2.90. The topological polar surface area (TPSA) is 88.8 Å². The van der Waals surface area contributed by atoms with Gasteiger partial charge in [0.2, 0.25) is 5.91 Å². The number of aromatic nitrogens is 2. The number of Topliss-reactive ketones (excluding diaryl/α,β-unsaturated/α-hetero) is 1. The van der Waals surface area contributed by atoms with E-state index in [0.717, 1.165) is 37.8 Å². The molecule has 0 aliphatic heterocycles. The molecule has 0 unspecified atom stereocenters. The monoisotopic (exact) mass is 449 g/mol. The van der Waals surface area contributed by atoms with Crippen molar-refractivity contribution in [3.63, 3.8) is 0 Å². The smallest absolute Gasteiger partial charge is 0.222 e. The number of amides is 1. The van der Waals surface area contributed by atoms with Crippen LogP contribution < -0.4 is 5.73 Å². The SMILES string of the molecule is CCc1cccc2c(C(=O)[C@@H](Sc3nc(C)c(CC(N)=O)s3)c3ccccc3)c[nH]c12. The maximum absolute atomic E-state index is 13.8. The highest BCUT2D eigenvalue weighted by Crippen LogP contribution is 2.41. The summed E-state index contributed by atoms with van der Waals surface area (Å²) in [4.78, 5) is 33.8. The zero-order valence-corrected chi connectivity index (χ0v) is 19.0. The van der Waals surface area contributed by atoms with E-state index in [1.165, 1.54) is 28.7 Å². The first kappa shape index (κ1) is 21.3. The molecule has 3 N–H and O–H groups in total. The number of carbonyl (C=O) groups excluding carboxylic acids is 2. The second-order valence-electron chi connectivity index (χ2n) is 7.30. The molecule has 5 nitrogen and oxygen atoms in total. The van der Waals surface area contributed by atoms with Crippen molar-refractivity contribution in [3.05, 3.63) is 82.0 Å². The molecule has 7 heteroatoms. The van der Waals surface area contributed by atoms with Crippen LogP contribution in [-0.4, -0.2) is 21.7 Å². The van der Waals surface area contributed by atoms with E-state index in [4.69, 9.17) is 5.73 Å². The van der Waals surface area contributed by atoms with Crippen LogP contribution in [-0.2, 0) is 17.6 Å². The third-order valence-corrected chi connectivity index (χ3v) is 7.72. The Morgan fingerprint density at radius 2 is 1.94 bits per heavy atom. The lowest BCUT2D eigenvalue weighted by atomic mass is 10.0. The number of nitrogens with two attached hydrogens (primary N) is 1. The Kier molecular flexibility index (Phi) is 6.25. The zero-order valence-electron chi connectivity index (χ0n) is 17.3. The second-order valence-corrected chi connectivity index (χ2v) is 9.74. The number of para-hydroxylation sites is 1. The quantitative estimate of drug-likeness (QED) is 0.284. The van der Waals surface area contributed by atoms with Gasteiger partial charge >= 0.3 is 0 Å². The van der Waals surface area contributed by atoms with Gasteiger partial charge in [0, 0.05) is 27.5 Å². The summed E-state index contributed by atoms with van der Waals surface area (Å²) in [5.41, 5.74) is 9.94. The molecule has 158 valence electrons. The summed E-state index contributed by atoms with van der Waals surface area (Å²) in [6.45, 7) is 3.97. The van der Waals surface area contributed by atoms with Gasteiger partial charge in [0.05, 0.1) is 12.1 Å². The third kappa shape index (κ3) is 4.43. The molecule has 0 saturated heterocycles. The average molecular weight is 450 g/mol. The van der Waals surface area contributed by atoms with Gasteiger partial charge in [-0.25, -0.2) is 4.98 Å². The molecular weight excluding hydrogens is 426 g/mol. The number of primary amides is 1. The van der Waals surface area contributed by atoms with Gasteiger partial charge in [0.15, 0.2) is 10.1 Å². The number of H-pyrrole nitrogens is 1. The molecule has 0 aliphatic rings. The van der Waals surface area contributed by atoms with Crippen LogP contribution in [0.1, 0.15) is 44.2 Å². The molecule has 0 bridgehead atoms. The molecule has 2 aromatic heterocycles. The molecule has 4 rings (SSSR count). The van der Waals surface area contributed by atoms with Gasteiger partial charge in [0.1, 0.15) is 5.25 Å². The lowest BCUT2D eigenvalue weighted by Gasteiger charge is -2.14. The van der Waals surface area contributed by atoms with Gasteiger partial charge in [-0.3, -0.25) is 9.59 Å². The first-order chi connectivity index (χ1) is 15.0. The number of nitrogens with one attached hydrogen (secondary N) is 1. The van der Waals surface area contributed by atoms with Gasteiger partial charge in [-0.1, -0.05) is 67.2 Å². The number of thiazole rings is 1. The molecule has 1 amide bonds. The van der Waals surface area contributed by atoms with Gasteiger partial charge in [-0.2, -0.15) is 0 Å². The summed E-state index contributed by atoms with van der Waals surface area (Å²) in [6, 6.07) is 15.8. The maximum atomic E-state index is 13.8. The normalized spacial score (nSPS) is 12.2. The van der Waals surface area contributed by atoms with Crippen molar-refractivity contribution in [2.75, 3.05) is 0 Å². The Morgan fingerprint density at radius 3 is 2.65 bits per heavy atom. The fraction of sp³-hybridized carbons (Fsp3) is 0.208. The predicted molar refractivity (Wildman–Crippen MR) is 127 cm³/mol. The Morgan fingerprint density at radius 1 is 1.16 bits per heavy atom. The molecule has 0 saturated carbocycles. The number of carbonyl (C=O) groups is 2. The predicted octanol–water partition coefficient (Wildman–Crippen LogP) is 5.24. The summed E-state index contributed by atoms with van der Waals surface area (Å²) < 4.78 is 0.755. The van der Waals surface area contributed by atoms with Crippen molar-refractivity contribution in [1.82, 2.24) is 9.97 Å². The summed E-state index contributed by atoms with van der Waals surface area (Å²) in [5, 5.41) is 0.494. The minimum Gasteiger partial charge on any atom is -0.369 e. The van der Waals surface area contributed by atoms with E-state index >= 15 is 0 Å². The van der Waals surface area contributed by atoms with Crippen molar-refractivity contribution in [3.8, 4) is 0 Å². The van der Waals surface area contributed by atoms with E-state index in [-0.39, 0.29) is 18.1 Å². The molecular formula is C24H23N3O2S2. The number of rotatable bonds is 8. The van der Waals surface area contributed by atoms with E-state index < -0.39 is 5.25 Å². The third-order valence-electron chi connectivity index (χ3n) is 5.22. The number of thioether (sulfide) groups is 1. The van der Waals surface area contributed by atoms with E-state index in [9.17, 15) is 9.59 Å². The van der Waals surface area contributed by atoms with Crippen LogP contribution in [0.15, 0.2) is 59.1 Å². The molecule has 0 spiro atoms. The lowest BCUT2D eigenvalue weighted by molar-refractivity contribution is -0.117. The zero-order chi connectivity index (χ0) is 22.0. The molecule has 0 aliphatic carbocycles. The van der Waals surface area contributed by atoms with E-state index in [1.54, 1.807) is 0 Å². The minimum atomic E-state index is -0.447. The van der Waals surface area contributed by atoms with Crippen molar-refractivity contribution in [1.29, 1.82) is 0 Å². The van der Waals surface area contributed by atoms with Gasteiger partial charge in [-0.05, 0) is 24.5 Å². The van der Waals surface area contributed by atoms with Crippen LogP contribution in [0.25, 0.3) is 10.9 Å². The molecule has 0 fully saturated rings. The largest absolute Gasteiger partial charge is 0.369 e. The highest BCUT2D eigenvalue weighted by Gasteiger charge is 2.27. The van der Waals surface area contributed by atoms with Gasteiger partial charge in [-0.15, -0.1) is 11.3 Å². The van der Waals surface area contributed by atoms with Crippen molar-refractivity contribution in [2.45, 2.75) is 36.3 Å². The van der Waals surface area contributed by atoms with Crippen LogP contribution in [0, 0.1) is 6.92 Å². The fourth-order valence-corrected chi connectivity index (χ4v) is 6.13. The summed E-state index contributed by atoms with van der Waals surface area (Å²) in [6.07, 6.45) is 2.87. The minimum absolute atomic E-state index is 0.0278. The van der Waals surface area contributed by atoms with Crippen LogP contribution in [0.5, 0.6) is 0 Å². The first-order valence-electron chi connectivity index (χ1n) is 10.1. The van der Waals surface area contributed by atoms with Crippen LogP contribution >= 0.6 is 23.1 Å². The average Bonchev–Trinajstić information content (AvgIpc) is 3.35. The van der Waals surface area contributed by atoms with Crippen molar-refractivity contribution >= 4 is 45.7 Å². The summed E-state index contributed by atoms with van der Waals surface area (Å²) in [7, 11) is 0. The summed E-state index contributed by atoms with van der Waals surface area (Å²) >= 11 is 2.85. The number of nitrogens with zero attached hydrogens (tertiary/aromatic N) is 1. The Bertz CT molecular complexity index is 1240. The van der Waals surface area contributed by atoms with E-state index in [2.05, 4.69) is 23.0 Å². The van der Waals surface area contributed by atoms with Crippen LogP contribution in [0.4, 0.5) is 0 Å². The molecule has 4 aromatic rings. The maximum Gasteiger partial charge on any atom is 0.222 e. The van der Waals surface area contributed by atoms with Crippen LogP contribution in [0.3, 0.4) is 0 Å². The van der Waals surface area contributed by atoms with Crippen molar-refractivity contribution < 1.29 is 9.59 Å². The fourth-order valence-electron chi connectivity index (χ4n) is 3.63. The first-order valence-corrected chi connectivity index (χ1v) is 11.8. The number of ketones is 1. The summed E-state index contributed by atoms with van der Waals surface area (Å²) in [5.74, 6) is -0.357. The Balaban J connectivity index is 1.73. The molecule has 31 heavy (non-hydrogen) atoms. The highest BCUT2D eigenvalue weighted by atomic mass is 32.2. The number of fused-ring (bicyclic) bond motifs is 1. The number of aryl methyl sites for hydroxylation is 2. The van der Waals surface area contributed by atoms with Crippen LogP contribution in [0.2, 0.25) is 0 Å². The molecule has 2 heterocycles. The van der Waals surface area contributed by atoms with E-state index in [1.807, 2.05) is 55.6 Å². The van der Waals surface area contributed by atoms with Gasteiger partial charge in [0.25, 0.3) is 0 Å². The van der Waals surface area contributed by atoms with Crippen molar-refractivity contribution in [2.24, 2.45) is 5.73 Å². The second kappa shape index (κ2) is 9.08. The van der Waals surface area contributed by atoms with E-state index in [0.29, 0.717) is 5.56 Å². The standard InChI is InChI=1S/C24H23N3O2S2/c1-3-15-10-7-11-17-18(13-26-21(15)17)22(29)23(16-8-5-4-6-9-16)31-24-27-14(2)19(30-24)12-20(25)28/h4-11,13,23,26H,3,12H2,1-2H3,(H2,25,28)/t23-/m0/s1. The molecule has 0 radical (unpaired) electrons.